The van der Waals surface area contributed by atoms with Crippen molar-refractivity contribution in [1.29, 1.82) is 0 Å². The normalized spacial score (nSPS) is 23.7. The molecule has 2 saturated heterocycles. The molecule has 29 heavy (non-hydrogen) atoms. The second kappa shape index (κ2) is 7.75. The average molecular weight is 399 g/mol. The van der Waals surface area contributed by atoms with Gasteiger partial charge >= 0.3 is 0 Å². The van der Waals surface area contributed by atoms with E-state index in [1.54, 1.807) is 6.07 Å². The first kappa shape index (κ1) is 19.3. The Balaban J connectivity index is 1.84. The molecule has 2 atom stereocenters. The standard InChI is InChI=1S/C22H19F2NO4/c23-14-9-7-13(8-10-14)20(26)18-19(16-5-1-2-6-17(16)24)25(22(28)21(18)27)12-15-4-3-11-29-15/h1-2,5-10,15,19,26H,3-4,11-12H2/t15-,19+/m0/s1. The van der Waals surface area contributed by atoms with Crippen LogP contribution in [-0.4, -0.2) is 41.0 Å². The summed E-state index contributed by atoms with van der Waals surface area (Å²) in [5.41, 5.74) is 0.0564. The van der Waals surface area contributed by atoms with E-state index in [2.05, 4.69) is 0 Å². The number of carbonyl (C=O) groups excluding carboxylic acids is 2. The summed E-state index contributed by atoms with van der Waals surface area (Å²) in [6.45, 7) is 0.679. The summed E-state index contributed by atoms with van der Waals surface area (Å²) in [6.07, 6.45) is 1.31. The molecule has 5 nitrogen and oxygen atoms in total. The van der Waals surface area contributed by atoms with Crippen molar-refractivity contribution in [1.82, 2.24) is 4.90 Å². The van der Waals surface area contributed by atoms with Crippen molar-refractivity contribution in [2.45, 2.75) is 25.0 Å². The Kier molecular flexibility index (Phi) is 5.15. The number of benzene rings is 2. The van der Waals surface area contributed by atoms with Gasteiger partial charge in [-0.25, -0.2) is 8.78 Å². The second-order valence-corrected chi connectivity index (χ2v) is 7.11. The fourth-order valence-electron chi connectivity index (χ4n) is 3.86. The smallest absolute Gasteiger partial charge is 0.295 e. The number of aliphatic hydroxyl groups excluding tert-OH is 1. The van der Waals surface area contributed by atoms with E-state index < -0.39 is 35.1 Å². The van der Waals surface area contributed by atoms with Gasteiger partial charge in [-0.05, 0) is 43.2 Å². The number of hydrogen-bond donors (Lipinski definition) is 1. The van der Waals surface area contributed by atoms with E-state index in [1.807, 2.05) is 0 Å². The Labute approximate surface area is 166 Å². The largest absolute Gasteiger partial charge is 0.507 e. The fourth-order valence-corrected chi connectivity index (χ4v) is 3.86. The van der Waals surface area contributed by atoms with E-state index in [-0.39, 0.29) is 29.3 Å². The third kappa shape index (κ3) is 3.53. The molecule has 0 aliphatic carbocycles. The van der Waals surface area contributed by atoms with Crippen molar-refractivity contribution in [3.05, 3.63) is 76.9 Å². The zero-order valence-corrected chi connectivity index (χ0v) is 15.5. The predicted octanol–water partition coefficient (Wildman–Crippen LogP) is 3.57. The molecule has 0 aromatic heterocycles. The third-order valence-corrected chi connectivity index (χ3v) is 5.28. The summed E-state index contributed by atoms with van der Waals surface area (Å²) in [4.78, 5) is 26.9. The molecule has 150 valence electrons. The van der Waals surface area contributed by atoms with Crippen molar-refractivity contribution in [3.8, 4) is 0 Å². The van der Waals surface area contributed by atoms with Gasteiger partial charge < -0.3 is 14.7 Å². The van der Waals surface area contributed by atoms with Gasteiger partial charge in [-0.15, -0.1) is 0 Å². The van der Waals surface area contributed by atoms with E-state index in [0.717, 1.165) is 25.0 Å². The number of carbonyl (C=O) groups is 2. The quantitative estimate of drug-likeness (QED) is 0.485. The lowest BCUT2D eigenvalue weighted by Crippen LogP contribution is -2.36. The van der Waals surface area contributed by atoms with Crippen molar-refractivity contribution in [2.24, 2.45) is 0 Å². The predicted molar refractivity (Wildman–Crippen MR) is 101 cm³/mol. The molecule has 0 bridgehead atoms. The summed E-state index contributed by atoms with van der Waals surface area (Å²) in [7, 11) is 0. The molecule has 1 N–H and O–H groups in total. The molecule has 1 amide bonds. The summed E-state index contributed by atoms with van der Waals surface area (Å²) in [6, 6.07) is 9.60. The van der Waals surface area contributed by atoms with Crippen LogP contribution in [0.2, 0.25) is 0 Å². The highest BCUT2D eigenvalue weighted by Gasteiger charge is 2.47. The molecular weight excluding hydrogens is 380 g/mol. The monoisotopic (exact) mass is 399 g/mol. The molecule has 2 aliphatic rings. The van der Waals surface area contributed by atoms with Crippen molar-refractivity contribution >= 4 is 17.4 Å². The van der Waals surface area contributed by atoms with Gasteiger partial charge in [-0.1, -0.05) is 18.2 Å². The topological polar surface area (TPSA) is 66.8 Å². The second-order valence-electron chi connectivity index (χ2n) is 7.11. The Morgan fingerprint density at radius 3 is 2.48 bits per heavy atom. The number of rotatable bonds is 4. The van der Waals surface area contributed by atoms with Gasteiger partial charge in [0.1, 0.15) is 17.4 Å². The highest BCUT2D eigenvalue weighted by Crippen LogP contribution is 2.40. The van der Waals surface area contributed by atoms with E-state index in [0.29, 0.717) is 6.61 Å². The van der Waals surface area contributed by atoms with Crippen LogP contribution in [0.3, 0.4) is 0 Å². The van der Waals surface area contributed by atoms with Gasteiger partial charge in [0.05, 0.1) is 17.7 Å². The van der Waals surface area contributed by atoms with Crippen LogP contribution in [0.15, 0.2) is 54.1 Å². The van der Waals surface area contributed by atoms with Crippen LogP contribution in [0.4, 0.5) is 8.78 Å². The SMILES string of the molecule is O=C1C(=O)N(C[C@@H]2CCCO2)[C@H](c2ccccc2F)C1=C(O)c1ccc(F)cc1. The first-order valence-corrected chi connectivity index (χ1v) is 9.37. The number of ketones is 1. The van der Waals surface area contributed by atoms with Crippen LogP contribution >= 0.6 is 0 Å². The minimum Gasteiger partial charge on any atom is -0.507 e. The van der Waals surface area contributed by atoms with Crippen LogP contribution in [0.5, 0.6) is 0 Å². The van der Waals surface area contributed by atoms with E-state index in [4.69, 9.17) is 4.74 Å². The van der Waals surface area contributed by atoms with Crippen LogP contribution in [0, 0.1) is 11.6 Å². The molecule has 2 aromatic carbocycles. The zero-order chi connectivity index (χ0) is 20.5. The molecule has 4 rings (SSSR count). The lowest BCUT2D eigenvalue weighted by atomic mass is 9.95. The number of ether oxygens (including phenoxy) is 1. The maximum atomic E-state index is 14.6. The molecule has 2 fully saturated rings. The Hall–Kier alpha value is -3.06. The first-order chi connectivity index (χ1) is 14.0. The summed E-state index contributed by atoms with van der Waals surface area (Å²) < 4.78 is 33.5. The Morgan fingerprint density at radius 2 is 1.83 bits per heavy atom. The van der Waals surface area contributed by atoms with Gasteiger partial charge in [-0.2, -0.15) is 0 Å². The molecule has 0 spiro atoms. The minimum atomic E-state index is -1.09. The van der Waals surface area contributed by atoms with Crippen LogP contribution in [0.1, 0.15) is 30.0 Å². The molecule has 2 aromatic rings. The van der Waals surface area contributed by atoms with Crippen molar-refractivity contribution in [2.75, 3.05) is 13.2 Å². The molecule has 0 unspecified atom stereocenters. The number of nitrogens with zero attached hydrogens (tertiary/aromatic N) is 1. The maximum absolute atomic E-state index is 14.6. The van der Waals surface area contributed by atoms with Crippen LogP contribution < -0.4 is 0 Å². The summed E-state index contributed by atoms with van der Waals surface area (Å²) in [5.74, 6) is -3.30. The van der Waals surface area contributed by atoms with Crippen molar-refractivity contribution < 1.29 is 28.2 Å². The number of aliphatic hydroxyl groups is 1. The molecule has 0 radical (unpaired) electrons. The van der Waals surface area contributed by atoms with Crippen LogP contribution in [-0.2, 0) is 14.3 Å². The van der Waals surface area contributed by atoms with E-state index in [1.165, 1.54) is 35.2 Å². The Morgan fingerprint density at radius 1 is 1.10 bits per heavy atom. The maximum Gasteiger partial charge on any atom is 0.295 e. The van der Waals surface area contributed by atoms with Gasteiger partial charge in [0.2, 0.25) is 0 Å². The average Bonchev–Trinajstić information content (AvgIpc) is 3.31. The lowest BCUT2D eigenvalue weighted by molar-refractivity contribution is -0.140. The minimum absolute atomic E-state index is 0.105. The zero-order valence-electron chi connectivity index (χ0n) is 15.5. The van der Waals surface area contributed by atoms with Gasteiger partial charge in [0.15, 0.2) is 0 Å². The lowest BCUT2D eigenvalue weighted by Gasteiger charge is -2.27. The van der Waals surface area contributed by atoms with Crippen molar-refractivity contribution in [3.63, 3.8) is 0 Å². The number of Topliss-reactive ketones (excluding diaryl/α,β-unsaturated/α-hetero) is 1. The van der Waals surface area contributed by atoms with Gasteiger partial charge in [0.25, 0.3) is 11.7 Å². The van der Waals surface area contributed by atoms with Gasteiger partial charge in [-0.3, -0.25) is 9.59 Å². The number of amides is 1. The van der Waals surface area contributed by atoms with Gasteiger partial charge in [0, 0.05) is 24.3 Å². The van der Waals surface area contributed by atoms with Crippen LogP contribution in [0.25, 0.3) is 5.76 Å². The fraction of sp³-hybridized carbons (Fsp3) is 0.273. The first-order valence-electron chi connectivity index (χ1n) is 9.37. The molecule has 2 heterocycles. The molecule has 0 saturated carbocycles. The summed E-state index contributed by atoms with van der Waals surface area (Å²) in [5, 5.41) is 10.8. The Bertz CT molecular complexity index is 981. The molecule has 7 heteroatoms. The van der Waals surface area contributed by atoms with E-state index in [9.17, 15) is 23.5 Å². The highest BCUT2D eigenvalue weighted by atomic mass is 19.1. The molecule has 2 aliphatic heterocycles. The van der Waals surface area contributed by atoms with E-state index >= 15 is 0 Å². The summed E-state index contributed by atoms with van der Waals surface area (Å²) >= 11 is 0. The third-order valence-electron chi connectivity index (χ3n) is 5.28. The number of halogens is 2. The molecular formula is C22H19F2NO4. The number of hydrogen-bond acceptors (Lipinski definition) is 4. The highest BCUT2D eigenvalue weighted by molar-refractivity contribution is 6.46. The number of likely N-dealkylation sites (tertiary alicyclic amines) is 1.